The topological polar surface area (TPSA) is 51.3 Å². The van der Waals surface area contributed by atoms with Gasteiger partial charge in [0, 0.05) is 5.56 Å². The molecule has 0 bridgehead atoms. The minimum atomic E-state index is -0.264. The van der Waals surface area contributed by atoms with Crippen LogP contribution >= 0.6 is 0 Å². The molecular formula is C15H13NO3. The first-order valence-corrected chi connectivity index (χ1v) is 5.66. The van der Waals surface area contributed by atoms with Crippen LogP contribution in [0.5, 0.6) is 11.6 Å². The van der Waals surface area contributed by atoms with E-state index in [0.29, 0.717) is 11.4 Å². The van der Waals surface area contributed by atoms with Gasteiger partial charge >= 0.3 is 0 Å². The van der Waals surface area contributed by atoms with Crippen LogP contribution in [0, 0.1) is 11.8 Å². The lowest BCUT2D eigenvalue weighted by atomic mass is 10.2. The highest BCUT2D eigenvalue weighted by atomic mass is 16.5. The highest BCUT2D eigenvalue weighted by Crippen LogP contribution is 2.10. The predicted molar refractivity (Wildman–Crippen MR) is 72.6 cm³/mol. The van der Waals surface area contributed by atoms with Crippen LogP contribution in [0.4, 0.5) is 0 Å². The van der Waals surface area contributed by atoms with Crippen LogP contribution in [0.2, 0.25) is 0 Å². The third-order valence-corrected chi connectivity index (χ3v) is 2.53. The first-order valence-electron chi connectivity index (χ1n) is 5.66. The maximum absolute atomic E-state index is 11.7. The summed E-state index contributed by atoms with van der Waals surface area (Å²) in [7, 11) is 3.10. The van der Waals surface area contributed by atoms with Crippen LogP contribution in [0.25, 0.3) is 0 Å². The van der Waals surface area contributed by atoms with Gasteiger partial charge < -0.3 is 9.47 Å². The fraction of sp³-hybridized carbons (Fsp3) is 0.133. The monoisotopic (exact) mass is 255 g/mol. The van der Waals surface area contributed by atoms with Gasteiger partial charge in [-0.2, -0.15) is 0 Å². The van der Waals surface area contributed by atoms with Crippen molar-refractivity contribution in [3.05, 3.63) is 57.9 Å². The van der Waals surface area contributed by atoms with Crippen molar-refractivity contribution in [1.29, 1.82) is 0 Å². The first-order chi connectivity index (χ1) is 9.22. The number of pyridine rings is 1. The number of hydrogen-bond donors (Lipinski definition) is 1. The van der Waals surface area contributed by atoms with Crippen molar-refractivity contribution in [1.82, 2.24) is 4.98 Å². The van der Waals surface area contributed by atoms with Crippen molar-refractivity contribution in [3.8, 4) is 23.5 Å². The molecule has 4 nitrogen and oxygen atoms in total. The molecule has 0 radical (unpaired) electrons. The van der Waals surface area contributed by atoms with E-state index in [0.717, 1.165) is 11.3 Å². The Morgan fingerprint density at radius 2 is 1.68 bits per heavy atom. The summed E-state index contributed by atoms with van der Waals surface area (Å²) in [6.07, 6.45) is 0. The smallest absolute Gasteiger partial charge is 0.266 e. The number of hydrogen-bond acceptors (Lipinski definition) is 3. The molecule has 19 heavy (non-hydrogen) atoms. The van der Waals surface area contributed by atoms with Gasteiger partial charge in [0.15, 0.2) is 5.88 Å². The molecule has 1 heterocycles. The summed E-state index contributed by atoms with van der Waals surface area (Å²) in [5.41, 5.74) is 0.952. The van der Waals surface area contributed by atoms with Crippen molar-refractivity contribution >= 4 is 0 Å². The molecule has 0 saturated heterocycles. The molecule has 0 saturated carbocycles. The van der Waals surface area contributed by atoms with Crippen molar-refractivity contribution in [2.24, 2.45) is 0 Å². The number of rotatable bonds is 2. The summed E-state index contributed by atoms with van der Waals surface area (Å²) in [5, 5.41) is 0. The Bertz CT molecular complexity index is 675. The van der Waals surface area contributed by atoms with Gasteiger partial charge in [-0.25, -0.2) is 0 Å². The van der Waals surface area contributed by atoms with Crippen molar-refractivity contribution in [3.63, 3.8) is 0 Å². The van der Waals surface area contributed by atoms with E-state index in [9.17, 15) is 4.79 Å². The zero-order valence-electron chi connectivity index (χ0n) is 10.7. The van der Waals surface area contributed by atoms with E-state index in [1.54, 1.807) is 19.2 Å². The quantitative estimate of drug-likeness (QED) is 0.832. The van der Waals surface area contributed by atoms with Gasteiger partial charge in [0.25, 0.3) is 5.56 Å². The molecule has 0 aliphatic rings. The van der Waals surface area contributed by atoms with E-state index in [1.807, 2.05) is 24.3 Å². The summed E-state index contributed by atoms with van der Waals surface area (Å²) in [5.74, 6) is 6.94. The molecule has 0 aliphatic heterocycles. The maximum Gasteiger partial charge on any atom is 0.266 e. The number of aromatic amines is 1. The lowest BCUT2D eigenvalue weighted by Gasteiger charge is -1.98. The molecule has 0 fully saturated rings. The molecule has 0 amide bonds. The fourth-order valence-electron chi connectivity index (χ4n) is 1.49. The number of benzene rings is 1. The summed E-state index contributed by atoms with van der Waals surface area (Å²) >= 11 is 0. The van der Waals surface area contributed by atoms with Gasteiger partial charge in [0.05, 0.1) is 19.8 Å². The van der Waals surface area contributed by atoms with Crippen LogP contribution in [-0.2, 0) is 0 Å². The first kappa shape index (κ1) is 12.8. The predicted octanol–water partition coefficient (Wildman–Crippen LogP) is 1.79. The summed E-state index contributed by atoms with van der Waals surface area (Å²) in [6, 6.07) is 10.6. The molecule has 0 spiro atoms. The van der Waals surface area contributed by atoms with Gasteiger partial charge in [-0.05, 0) is 36.4 Å². The summed E-state index contributed by atoms with van der Waals surface area (Å²) < 4.78 is 9.98. The third-order valence-electron chi connectivity index (χ3n) is 2.53. The van der Waals surface area contributed by atoms with Crippen LogP contribution in [-0.4, -0.2) is 19.2 Å². The zero-order chi connectivity index (χ0) is 13.7. The molecule has 0 unspecified atom stereocenters. The van der Waals surface area contributed by atoms with Crippen LogP contribution in [0.15, 0.2) is 41.2 Å². The molecule has 0 aliphatic carbocycles. The van der Waals surface area contributed by atoms with E-state index in [1.165, 1.54) is 7.11 Å². The molecule has 1 N–H and O–H groups in total. The third kappa shape index (κ3) is 3.17. The van der Waals surface area contributed by atoms with E-state index >= 15 is 0 Å². The maximum atomic E-state index is 11.7. The molecule has 1 aromatic heterocycles. The highest BCUT2D eigenvalue weighted by Gasteiger charge is 1.97. The molecule has 2 aromatic rings. The molecule has 96 valence electrons. The summed E-state index contributed by atoms with van der Waals surface area (Å²) in [4.78, 5) is 14.2. The Balaban J connectivity index is 2.25. The SMILES string of the molecule is COc1ccc(C#Cc2ccc(OC)[nH]c2=O)cc1. The van der Waals surface area contributed by atoms with Gasteiger partial charge in [0.2, 0.25) is 0 Å². The number of H-pyrrole nitrogens is 1. The van der Waals surface area contributed by atoms with E-state index in [-0.39, 0.29) is 5.56 Å². The fourth-order valence-corrected chi connectivity index (χ4v) is 1.49. The lowest BCUT2D eigenvalue weighted by molar-refractivity contribution is 0.396. The second-order valence-corrected chi connectivity index (χ2v) is 3.75. The largest absolute Gasteiger partial charge is 0.497 e. The lowest BCUT2D eigenvalue weighted by Crippen LogP contribution is -2.10. The van der Waals surface area contributed by atoms with Crippen LogP contribution < -0.4 is 15.0 Å². The number of nitrogens with one attached hydrogen (secondary N) is 1. The molecule has 4 heteroatoms. The van der Waals surface area contributed by atoms with Gasteiger partial charge in [-0.15, -0.1) is 0 Å². The Morgan fingerprint density at radius 3 is 2.26 bits per heavy atom. The van der Waals surface area contributed by atoms with Gasteiger partial charge in [0.1, 0.15) is 5.75 Å². The van der Waals surface area contributed by atoms with Crippen LogP contribution in [0.1, 0.15) is 11.1 Å². The molecular weight excluding hydrogens is 242 g/mol. The van der Waals surface area contributed by atoms with Crippen molar-refractivity contribution < 1.29 is 9.47 Å². The number of aromatic nitrogens is 1. The van der Waals surface area contributed by atoms with Crippen molar-refractivity contribution in [2.75, 3.05) is 14.2 Å². The average molecular weight is 255 g/mol. The van der Waals surface area contributed by atoms with E-state index in [2.05, 4.69) is 16.8 Å². The Labute approximate surface area is 111 Å². The minimum absolute atomic E-state index is 0.264. The second kappa shape index (κ2) is 5.78. The van der Waals surface area contributed by atoms with Crippen LogP contribution in [0.3, 0.4) is 0 Å². The Kier molecular flexibility index (Phi) is 3.89. The number of methoxy groups -OCH3 is 2. The number of ether oxygens (including phenoxy) is 2. The second-order valence-electron chi connectivity index (χ2n) is 3.75. The highest BCUT2D eigenvalue weighted by molar-refractivity contribution is 5.44. The van der Waals surface area contributed by atoms with E-state index < -0.39 is 0 Å². The normalized spacial score (nSPS) is 9.37. The standard InChI is InChI=1S/C15H13NO3/c1-18-13-8-4-11(5-9-13)3-6-12-7-10-14(19-2)16-15(12)17/h4-5,7-10H,1-2H3,(H,16,17). The molecule has 2 rings (SSSR count). The Morgan fingerprint density at radius 1 is 0.947 bits per heavy atom. The van der Waals surface area contributed by atoms with Gasteiger partial charge in [-0.3, -0.25) is 9.78 Å². The summed E-state index contributed by atoms with van der Waals surface area (Å²) in [6.45, 7) is 0. The minimum Gasteiger partial charge on any atom is -0.497 e. The molecule has 1 aromatic carbocycles. The zero-order valence-corrected chi connectivity index (χ0v) is 10.7. The van der Waals surface area contributed by atoms with E-state index in [4.69, 9.17) is 9.47 Å². The molecule has 0 atom stereocenters. The Hall–Kier alpha value is -2.67. The average Bonchev–Trinajstić information content (AvgIpc) is 2.46. The van der Waals surface area contributed by atoms with Crippen molar-refractivity contribution in [2.45, 2.75) is 0 Å². The van der Waals surface area contributed by atoms with Gasteiger partial charge in [-0.1, -0.05) is 11.8 Å².